The third kappa shape index (κ3) is 0.679. The van der Waals surface area contributed by atoms with Gasteiger partial charge in [-0.1, -0.05) is 0 Å². The second kappa shape index (κ2) is 1.81. The molecule has 1 aliphatic rings. The number of nitrogens with one attached hydrogen (secondary N) is 3. The summed E-state index contributed by atoms with van der Waals surface area (Å²) in [5.41, 5.74) is 6.31. The molecule has 10 heavy (non-hydrogen) atoms. The van der Waals surface area contributed by atoms with Gasteiger partial charge in [0.25, 0.3) is 0 Å². The van der Waals surface area contributed by atoms with Crippen molar-refractivity contribution in [1.29, 1.82) is 0 Å². The molecular weight excluding hydrogens is 132 g/mol. The van der Waals surface area contributed by atoms with E-state index in [1.807, 2.05) is 0 Å². The SMILES string of the molecule is O=c1ncc2c([nH]1)NNC2. The average Bonchev–Trinajstić information content (AvgIpc) is 2.33. The maximum absolute atomic E-state index is 10.6. The molecule has 2 rings (SSSR count). The lowest BCUT2D eigenvalue weighted by molar-refractivity contribution is 0.857. The van der Waals surface area contributed by atoms with Gasteiger partial charge in [0, 0.05) is 18.3 Å². The van der Waals surface area contributed by atoms with Gasteiger partial charge in [0.05, 0.1) is 0 Å². The van der Waals surface area contributed by atoms with Crippen LogP contribution in [0.15, 0.2) is 11.0 Å². The van der Waals surface area contributed by atoms with Gasteiger partial charge >= 0.3 is 5.69 Å². The Morgan fingerprint density at radius 3 is 3.40 bits per heavy atom. The van der Waals surface area contributed by atoms with Crippen molar-refractivity contribution in [2.45, 2.75) is 6.54 Å². The quantitative estimate of drug-likeness (QED) is 0.439. The molecule has 0 fully saturated rings. The molecule has 0 aromatic carbocycles. The van der Waals surface area contributed by atoms with Crippen LogP contribution in [0.4, 0.5) is 5.82 Å². The number of hydrogen-bond acceptors (Lipinski definition) is 4. The molecule has 0 spiro atoms. The maximum Gasteiger partial charge on any atom is 0.346 e. The fraction of sp³-hybridized carbons (Fsp3) is 0.200. The summed E-state index contributed by atoms with van der Waals surface area (Å²) in [6.45, 7) is 0.707. The summed E-state index contributed by atoms with van der Waals surface area (Å²) < 4.78 is 0. The zero-order chi connectivity index (χ0) is 6.97. The van der Waals surface area contributed by atoms with Gasteiger partial charge in [-0.15, -0.1) is 0 Å². The van der Waals surface area contributed by atoms with Crippen LogP contribution in [0.1, 0.15) is 5.56 Å². The number of rotatable bonds is 0. The highest BCUT2D eigenvalue weighted by atomic mass is 16.1. The van der Waals surface area contributed by atoms with Crippen molar-refractivity contribution < 1.29 is 0 Å². The van der Waals surface area contributed by atoms with E-state index in [2.05, 4.69) is 20.8 Å². The second-order valence-electron chi connectivity index (χ2n) is 2.07. The van der Waals surface area contributed by atoms with Crippen LogP contribution in [0.5, 0.6) is 0 Å². The Labute approximate surface area is 56.5 Å². The van der Waals surface area contributed by atoms with Crippen molar-refractivity contribution in [1.82, 2.24) is 15.4 Å². The Morgan fingerprint density at radius 2 is 2.50 bits per heavy atom. The standard InChI is InChI=1S/C5H6N4O/c10-5-6-1-3-2-7-9-4(3)8-5/h1,7H,2H2,(H2,6,8,9,10). The number of fused-ring (bicyclic) bond motifs is 1. The summed E-state index contributed by atoms with van der Waals surface area (Å²) in [7, 11) is 0. The van der Waals surface area contributed by atoms with E-state index < -0.39 is 0 Å². The summed E-state index contributed by atoms with van der Waals surface area (Å²) in [6, 6.07) is 0. The lowest BCUT2D eigenvalue weighted by Gasteiger charge is -1.93. The zero-order valence-corrected chi connectivity index (χ0v) is 5.14. The molecule has 5 heteroatoms. The molecule has 0 unspecified atom stereocenters. The fourth-order valence-corrected chi connectivity index (χ4v) is 0.894. The first-order valence-corrected chi connectivity index (χ1v) is 2.93. The molecule has 3 N–H and O–H groups in total. The average molecular weight is 138 g/mol. The number of aromatic nitrogens is 2. The van der Waals surface area contributed by atoms with Crippen LogP contribution in [-0.4, -0.2) is 9.97 Å². The topological polar surface area (TPSA) is 69.8 Å². The normalized spacial score (nSPS) is 14.4. The van der Waals surface area contributed by atoms with E-state index >= 15 is 0 Å². The van der Waals surface area contributed by atoms with E-state index in [0.717, 1.165) is 11.4 Å². The number of nitrogens with zero attached hydrogens (tertiary/aromatic N) is 1. The van der Waals surface area contributed by atoms with Crippen LogP contribution in [0.2, 0.25) is 0 Å². The summed E-state index contributed by atoms with van der Waals surface area (Å²) in [4.78, 5) is 16.7. The van der Waals surface area contributed by atoms with Crippen molar-refractivity contribution in [2.75, 3.05) is 5.43 Å². The monoisotopic (exact) mass is 138 g/mol. The highest BCUT2D eigenvalue weighted by Gasteiger charge is 2.08. The molecule has 5 nitrogen and oxygen atoms in total. The first-order valence-electron chi connectivity index (χ1n) is 2.93. The highest BCUT2D eigenvalue weighted by molar-refractivity contribution is 5.44. The number of anilines is 1. The van der Waals surface area contributed by atoms with Crippen LogP contribution in [0, 0.1) is 0 Å². The minimum atomic E-state index is -0.324. The van der Waals surface area contributed by atoms with Gasteiger partial charge < -0.3 is 5.43 Å². The Morgan fingerprint density at radius 1 is 1.60 bits per heavy atom. The molecule has 0 saturated carbocycles. The molecule has 0 bridgehead atoms. The highest BCUT2D eigenvalue weighted by Crippen LogP contribution is 2.10. The molecular formula is C5H6N4O. The van der Waals surface area contributed by atoms with Crippen molar-refractivity contribution >= 4 is 5.82 Å². The Hall–Kier alpha value is -1.36. The predicted octanol–water partition coefficient (Wildman–Crippen LogP) is -0.800. The number of hydrazine groups is 1. The zero-order valence-electron chi connectivity index (χ0n) is 5.14. The molecule has 0 atom stereocenters. The van der Waals surface area contributed by atoms with Crippen LogP contribution in [0.3, 0.4) is 0 Å². The fourth-order valence-electron chi connectivity index (χ4n) is 0.894. The third-order valence-electron chi connectivity index (χ3n) is 1.38. The van der Waals surface area contributed by atoms with E-state index in [-0.39, 0.29) is 5.69 Å². The number of H-pyrrole nitrogens is 1. The van der Waals surface area contributed by atoms with Gasteiger partial charge in [0.1, 0.15) is 5.82 Å². The first-order chi connectivity index (χ1) is 4.86. The first kappa shape index (κ1) is 5.43. The van der Waals surface area contributed by atoms with E-state index in [0.29, 0.717) is 6.54 Å². The van der Waals surface area contributed by atoms with Crippen molar-refractivity contribution in [3.63, 3.8) is 0 Å². The lowest BCUT2D eigenvalue weighted by Crippen LogP contribution is -2.14. The van der Waals surface area contributed by atoms with Gasteiger partial charge in [-0.2, -0.15) is 0 Å². The van der Waals surface area contributed by atoms with Crippen molar-refractivity contribution in [3.8, 4) is 0 Å². The van der Waals surface area contributed by atoms with E-state index in [1.54, 1.807) is 6.20 Å². The predicted molar refractivity (Wildman–Crippen MR) is 35.3 cm³/mol. The summed E-state index contributed by atoms with van der Waals surface area (Å²) in [5, 5.41) is 0. The molecule has 0 radical (unpaired) electrons. The Kier molecular flexibility index (Phi) is 0.983. The molecule has 0 aliphatic carbocycles. The van der Waals surface area contributed by atoms with Gasteiger partial charge in [0.2, 0.25) is 0 Å². The number of aromatic amines is 1. The van der Waals surface area contributed by atoms with Gasteiger partial charge in [-0.3, -0.25) is 4.98 Å². The summed E-state index contributed by atoms with van der Waals surface area (Å²) in [5.74, 6) is 0.722. The van der Waals surface area contributed by atoms with Crippen LogP contribution >= 0.6 is 0 Å². The largest absolute Gasteiger partial charge is 0.346 e. The molecule has 1 aromatic heterocycles. The Balaban J connectivity index is 2.63. The molecule has 1 aromatic rings. The molecule has 52 valence electrons. The number of hydrogen-bond donors (Lipinski definition) is 3. The molecule has 0 saturated heterocycles. The van der Waals surface area contributed by atoms with Gasteiger partial charge in [-0.05, 0) is 0 Å². The van der Waals surface area contributed by atoms with Gasteiger partial charge in [-0.25, -0.2) is 15.2 Å². The van der Waals surface area contributed by atoms with E-state index in [9.17, 15) is 4.79 Å². The maximum atomic E-state index is 10.6. The summed E-state index contributed by atoms with van der Waals surface area (Å²) in [6.07, 6.45) is 1.56. The van der Waals surface area contributed by atoms with Crippen molar-refractivity contribution in [3.05, 3.63) is 22.2 Å². The smallest absolute Gasteiger partial charge is 0.307 e. The lowest BCUT2D eigenvalue weighted by atomic mass is 10.3. The minimum Gasteiger partial charge on any atom is -0.307 e. The molecule has 2 heterocycles. The molecule has 1 aliphatic heterocycles. The van der Waals surface area contributed by atoms with E-state index in [4.69, 9.17) is 0 Å². The van der Waals surface area contributed by atoms with Crippen molar-refractivity contribution in [2.24, 2.45) is 0 Å². The Bertz CT molecular complexity index is 305. The van der Waals surface area contributed by atoms with Crippen LogP contribution in [-0.2, 0) is 6.54 Å². The third-order valence-corrected chi connectivity index (χ3v) is 1.38. The van der Waals surface area contributed by atoms with Crippen LogP contribution in [0.25, 0.3) is 0 Å². The van der Waals surface area contributed by atoms with Crippen LogP contribution < -0.4 is 16.5 Å². The van der Waals surface area contributed by atoms with E-state index in [1.165, 1.54) is 0 Å². The molecule has 0 amide bonds. The van der Waals surface area contributed by atoms with Gasteiger partial charge in [0.15, 0.2) is 0 Å². The summed E-state index contributed by atoms with van der Waals surface area (Å²) >= 11 is 0. The second-order valence-corrected chi connectivity index (χ2v) is 2.07. The minimum absolute atomic E-state index is 0.324.